The lowest BCUT2D eigenvalue weighted by molar-refractivity contribution is 0.243. The van der Waals surface area contributed by atoms with Gasteiger partial charge >= 0.3 is 0 Å². The molecule has 2 fully saturated rings. The predicted molar refractivity (Wildman–Crippen MR) is 77.7 cm³/mol. The fourth-order valence-corrected chi connectivity index (χ4v) is 4.07. The fraction of sp³-hybridized carbons (Fsp3) is 1.00. The molecule has 2 heterocycles. The molecule has 0 amide bonds. The van der Waals surface area contributed by atoms with E-state index in [0.717, 1.165) is 25.9 Å². The first-order valence-electron chi connectivity index (χ1n) is 7.16. The molecule has 1 N–H and O–H groups in total. The fourth-order valence-electron chi connectivity index (χ4n) is 3.20. The second-order valence-electron chi connectivity index (χ2n) is 6.62. The topological polar surface area (TPSA) is 52.6 Å². The summed E-state index contributed by atoms with van der Waals surface area (Å²) < 4.78 is 24.5. The summed E-state index contributed by atoms with van der Waals surface area (Å²) in [5.41, 5.74) is 0.378. The number of nitrogens with one attached hydrogen (secondary N) is 1. The van der Waals surface area contributed by atoms with Crippen molar-refractivity contribution < 1.29 is 8.42 Å². The van der Waals surface area contributed by atoms with Crippen molar-refractivity contribution in [3.05, 3.63) is 0 Å². The SMILES string of the molecule is CN1CC[C@](C)(CNC2CCN(S(C)(=O)=O)CC2)C1. The average Bonchev–Trinajstić information content (AvgIpc) is 2.67. The Morgan fingerprint density at radius 2 is 1.89 bits per heavy atom. The van der Waals surface area contributed by atoms with Crippen LogP contribution in [-0.4, -0.2) is 69.7 Å². The molecular formula is C13H27N3O2S. The van der Waals surface area contributed by atoms with Gasteiger partial charge in [-0.2, -0.15) is 0 Å². The number of likely N-dealkylation sites (tertiary alicyclic amines) is 1. The number of nitrogens with zero attached hydrogens (tertiary/aromatic N) is 2. The maximum atomic E-state index is 11.4. The quantitative estimate of drug-likeness (QED) is 0.811. The van der Waals surface area contributed by atoms with Crippen LogP contribution in [0.1, 0.15) is 26.2 Å². The van der Waals surface area contributed by atoms with Crippen LogP contribution in [0.5, 0.6) is 0 Å². The van der Waals surface area contributed by atoms with Gasteiger partial charge in [-0.25, -0.2) is 12.7 Å². The zero-order chi connectivity index (χ0) is 14.1. The summed E-state index contributed by atoms with van der Waals surface area (Å²) in [6.07, 6.45) is 4.41. The monoisotopic (exact) mass is 289 g/mol. The molecule has 0 bridgehead atoms. The molecule has 0 aromatic heterocycles. The molecule has 2 aliphatic heterocycles. The molecule has 1 atom stereocenters. The standard InChI is InChI=1S/C13H27N3O2S/c1-13(6-9-15(2)11-13)10-14-12-4-7-16(8-5-12)19(3,17)18/h12,14H,4-11H2,1-3H3/t13-/m1/s1. The maximum absolute atomic E-state index is 11.4. The normalized spacial score (nSPS) is 31.9. The van der Waals surface area contributed by atoms with Crippen molar-refractivity contribution in [3.8, 4) is 0 Å². The van der Waals surface area contributed by atoms with Crippen molar-refractivity contribution >= 4 is 10.0 Å². The van der Waals surface area contributed by atoms with E-state index in [-0.39, 0.29) is 0 Å². The van der Waals surface area contributed by atoms with Crippen LogP contribution in [0.2, 0.25) is 0 Å². The summed E-state index contributed by atoms with van der Waals surface area (Å²) in [7, 11) is -0.824. The Bertz CT molecular complexity index is 404. The van der Waals surface area contributed by atoms with Crippen LogP contribution in [0, 0.1) is 5.41 Å². The summed E-state index contributed by atoms with van der Waals surface area (Å²) in [5, 5.41) is 3.65. The summed E-state index contributed by atoms with van der Waals surface area (Å²) in [6.45, 7) is 7.04. The van der Waals surface area contributed by atoms with Gasteiger partial charge in [0.05, 0.1) is 6.26 Å². The van der Waals surface area contributed by atoms with Crippen LogP contribution in [0.3, 0.4) is 0 Å². The molecule has 2 aliphatic rings. The van der Waals surface area contributed by atoms with Crippen LogP contribution in [-0.2, 0) is 10.0 Å². The van der Waals surface area contributed by atoms with Gasteiger partial charge in [-0.15, -0.1) is 0 Å². The van der Waals surface area contributed by atoms with Gasteiger partial charge in [-0.1, -0.05) is 6.92 Å². The number of piperidine rings is 1. The Kier molecular flexibility index (Phi) is 4.55. The minimum atomic E-state index is -3.00. The van der Waals surface area contributed by atoms with E-state index in [1.165, 1.54) is 19.2 Å². The van der Waals surface area contributed by atoms with Crippen molar-refractivity contribution in [1.82, 2.24) is 14.5 Å². The van der Waals surface area contributed by atoms with Gasteiger partial charge in [0.15, 0.2) is 0 Å². The van der Waals surface area contributed by atoms with Gasteiger partial charge in [-0.05, 0) is 38.3 Å². The molecule has 0 unspecified atom stereocenters. The lowest BCUT2D eigenvalue weighted by Gasteiger charge is -2.33. The largest absolute Gasteiger partial charge is 0.313 e. The first kappa shape index (κ1) is 15.2. The first-order valence-corrected chi connectivity index (χ1v) is 9.00. The minimum absolute atomic E-state index is 0.378. The highest BCUT2D eigenvalue weighted by Crippen LogP contribution is 2.28. The highest BCUT2D eigenvalue weighted by molar-refractivity contribution is 7.88. The molecule has 0 spiro atoms. The zero-order valence-electron chi connectivity index (χ0n) is 12.4. The molecule has 0 aromatic carbocycles. The Hall–Kier alpha value is -0.170. The molecule has 19 heavy (non-hydrogen) atoms. The molecule has 2 saturated heterocycles. The van der Waals surface area contributed by atoms with Crippen LogP contribution >= 0.6 is 0 Å². The van der Waals surface area contributed by atoms with Crippen molar-refractivity contribution in [3.63, 3.8) is 0 Å². The van der Waals surface area contributed by atoms with Gasteiger partial charge in [0.25, 0.3) is 0 Å². The molecule has 112 valence electrons. The van der Waals surface area contributed by atoms with E-state index in [4.69, 9.17) is 0 Å². The van der Waals surface area contributed by atoms with E-state index < -0.39 is 10.0 Å². The Labute approximate surface area is 117 Å². The van der Waals surface area contributed by atoms with Gasteiger partial charge in [0.1, 0.15) is 0 Å². The molecule has 6 heteroatoms. The number of hydrogen-bond donors (Lipinski definition) is 1. The Morgan fingerprint density at radius 1 is 1.26 bits per heavy atom. The molecule has 0 saturated carbocycles. The molecular weight excluding hydrogens is 262 g/mol. The van der Waals surface area contributed by atoms with Crippen molar-refractivity contribution in [2.45, 2.75) is 32.2 Å². The van der Waals surface area contributed by atoms with Crippen molar-refractivity contribution in [2.24, 2.45) is 5.41 Å². The van der Waals surface area contributed by atoms with Gasteiger partial charge in [0.2, 0.25) is 10.0 Å². The van der Waals surface area contributed by atoms with E-state index >= 15 is 0 Å². The zero-order valence-corrected chi connectivity index (χ0v) is 13.2. The Balaban J connectivity index is 1.74. The summed E-state index contributed by atoms with van der Waals surface area (Å²) >= 11 is 0. The van der Waals surface area contributed by atoms with E-state index in [1.807, 2.05) is 0 Å². The van der Waals surface area contributed by atoms with Crippen LogP contribution in [0.15, 0.2) is 0 Å². The summed E-state index contributed by atoms with van der Waals surface area (Å²) in [6, 6.07) is 0.473. The lowest BCUT2D eigenvalue weighted by Crippen LogP contribution is -2.47. The predicted octanol–water partition coefficient (Wildman–Crippen LogP) is 0.342. The van der Waals surface area contributed by atoms with E-state index in [1.54, 1.807) is 4.31 Å². The smallest absolute Gasteiger partial charge is 0.211 e. The third-order valence-corrected chi connectivity index (χ3v) is 5.79. The highest BCUT2D eigenvalue weighted by atomic mass is 32.2. The van der Waals surface area contributed by atoms with Gasteiger partial charge < -0.3 is 10.2 Å². The highest BCUT2D eigenvalue weighted by Gasteiger charge is 2.33. The Morgan fingerprint density at radius 3 is 2.37 bits per heavy atom. The van der Waals surface area contributed by atoms with Gasteiger partial charge in [0, 0.05) is 32.2 Å². The second-order valence-corrected chi connectivity index (χ2v) is 8.60. The van der Waals surface area contributed by atoms with E-state index in [0.29, 0.717) is 24.5 Å². The summed E-state index contributed by atoms with van der Waals surface area (Å²) in [5.74, 6) is 0. The van der Waals surface area contributed by atoms with Crippen LogP contribution < -0.4 is 5.32 Å². The van der Waals surface area contributed by atoms with Gasteiger partial charge in [-0.3, -0.25) is 0 Å². The number of rotatable bonds is 4. The third kappa shape index (κ3) is 4.15. The van der Waals surface area contributed by atoms with Crippen molar-refractivity contribution in [1.29, 1.82) is 0 Å². The minimum Gasteiger partial charge on any atom is -0.313 e. The number of hydrogen-bond acceptors (Lipinski definition) is 4. The molecule has 0 aliphatic carbocycles. The molecule has 2 rings (SSSR count). The van der Waals surface area contributed by atoms with Crippen LogP contribution in [0.4, 0.5) is 0 Å². The molecule has 0 aromatic rings. The lowest BCUT2D eigenvalue weighted by atomic mass is 9.89. The second kappa shape index (κ2) is 5.68. The summed E-state index contributed by atoms with van der Waals surface area (Å²) in [4.78, 5) is 2.38. The first-order chi connectivity index (χ1) is 8.78. The maximum Gasteiger partial charge on any atom is 0.211 e. The molecule has 0 radical (unpaired) electrons. The number of sulfonamides is 1. The van der Waals surface area contributed by atoms with Crippen LogP contribution in [0.25, 0.3) is 0 Å². The molecule has 5 nitrogen and oxygen atoms in total. The van der Waals surface area contributed by atoms with E-state index in [9.17, 15) is 8.42 Å². The van der Waals surface area contributed by atoms with Crippen molar-refractivity contribution in [2.75, 3.05) is 46.0 Å². The average molecular weight is 289 g/mol. The third-order valence-electron chi connectivity index (χ3n) is 4.49. The van der Waals surface area contributed by atoms with E-state index in [2.05, 4.69) is 24.2 Å².